The van der Waals surface area contributed by atoms with Crippen molar-refractivity contribution < 1.29 is 4.79 Å². The zero-order chi connectivity index (χ0) is 22.5. The lowest BCUT2D eigenvalue weighted by molar-refractivity contribution is -0.129. The highest BCUT2D eigenvalue weighted by Crippen LogP contribution is 2.27. The van der Waals surface area contributed by atoms with Crippen LogP contribution in [0.15, 0.2) is 40.6 Å². The summed E-state index contributed by atoms with van der Waals surface area (Å²) in [5, 5.41) is 10.4. The Labute approximate surface area is 197 Å². The van der Waals surface area contributed by atoms with Gasteiger partial charge in [-0.2, -0.15) is 0 Å². The van der Waals surface area contributed by atoms with E-state index in [9.17, 15) is 4.79 Å². The molecule has 32 heavy (non-hydrogen) atoms. The van der Waals surface area contributed by atoms with E-state index in [1.807, 2.05) is 29.4 Å². The van der Waals surface area contributed by atoms with E-state index in [4.69, 9.17) is 0 Å². The van der Waals surface area contributed by atoms with Crippen LogP contribution >= 0.6 is 23.5 Å². The number of benzene rings is 1. The highest BCUT2D eigenvalue weighted by molar-refractivity contribution is 7.99. The molecular weight excluding hydrogens is 440 g/mol. The minimum Gasteiger partial charge on any atom is -0.342 e. The minimum absolute atomic E-state index is 0.174. The summed E-state index contributed by atoms with van der Waals surface area (Å²) < 4.78 is 2.04. The highest BCUT2D eigenvalue weighted by atomic mass is 32.2. The van der Waals surface area contributed by atoms with E-state index < -0.39 is 0 Å². The predicted octanol–water partition coefficient (Wildman–Crippen LogP) is 4.38. The number of carbonyl (C=O) groups is 1. The first-order valence-corrected chi connectivity index (χ1v) is 12.8. The molecule has 0 N–H and O–H groups in total. The molecule has 168 valence electrons. The van der Waals surface area contributed by atoms with Crippen LogP contribution in [0.25, 0.3) is 5.69 Å². The van der Waals surface area contributed by atoms with Gasteiger partial charge in [-0.05, 0) is 58.2 Å². The van der Waals surface area contributed by atoms with E-state index in [1.54, 1.807) is 11.8 Å². The van der Waals surface area contributed by atoms with Gasteiger partial charge in [-0.15, -0.1) is 10.2 Å². The third-order valence-corrected chi connectivity index (χ3v) is 7.08. The van der Waals surface area contributed by atoms with Gasteiger partial charge in [0.25, 0.3) is 0 Å². The van der Waals surface area contributed by atoms with Gasteiger partial charge in [0.05, 0.1) is 11.5 Å². The summed E-state index contributed by atoms with van der Waals surface area (Å²) in [6.07, 6.45) is 3.40. The fourth-order valence-electron chi connectivity index (χ4n) is 3.69. The summed E-state index contributed by atoms with van der Waals surface area (Å²) in [4.78, 5) is 23.7. The Kier molecular flexibility index (Phi) is 7.47. The van der Waals surface area contributed by atoms with Gasteiger partial charge < -0.3 is 4.90 Å². The molecule has 3 aromatic rings. The third-order valence-electron chi connectivity index (χ3n) is 5.32. The Hall–Kier alpha value is -2.39. The number of nitrogens with zero attached hydrogens (tertiary/aromatic N) is 6. The van der Waals surface area contributed by atoms with Crippen molar-refractivity contribution in [2.75, 3.05) is 18.8 Å². The Balaban J connectivity index is 1.54. The van der Waals surface area contributed by atoms with Crippen molar-refractivity contribution in [2.45, 2.75) is 56.1 Å². The van der Waals surface area contributed by atoms with Crippen molar-refractivity contribution in [2.24, 2.45) is 0 Å². The maximum absolute atomic E-state index is 12.7. The maximum atomic E-state index is 12.7. The average molecular weight is 469 g/mol. The van der Waals surface area contributed by atoms with Gasteiger partial charge in [0, 0.05) is 30.2 Å². The summed E-state index contributed by atoms with van der Waals surface area (Å²) >= 11 is 3.00. The number of aromatic nitrogens is 5. The van der Waals surface area contributed by atoms with Crippen LogP contribution in [0.4, 0.5) is 0 Å². The molecule has 4 rings (SSSR count). The van der Waals surface area contributed by atoms with Gasteiger partial charge in [-0.3, -0.25) is 9.36 Å². The number of amides is 1. The molecule has 0 bridgehead atoms. The number of aryl methyl sites for hydroxylation is 3. The number of carbonyl (C=O) groups excluding carboxylic acids is 1. The highest BCUT2D eigenvalue weighted by Gasteiger charge is 2.20. The molecule has 2 aromatic heterocycles. The molecule has 0 aliphatic carbocycles. The molecular formula is C23H28N6OS2. The second-order valence-electron chi connectivity index (χ2n) is 8.02. The molecule has 1 aromatic carbocycles. The molecule has 1 fully saturated rings. The van der Waals surface area contributed by atoms with E-state index in [2.05, 4.69) is 51.4 Å². The number of rotatable bonds is 7. The van der Waals surface area contributed by atoms with Crippen LogP contribution in [-0.2, 0) is 10.5 Å². The lowest BCUT2D eigenvalue weighted by atomic mass is 10.1. The molecule has 7 nitrogen and oxygen atoms in total. The van der Waals surface area contributed by atoms with Crippen molar-refractivity contribution in [1.82, 2.24) is 29.6 Å². The average Bonchev–Trinajstić information content (AvgIpc) is 3.19. The van der Waals surface area contributed by atoms with Crippen molar-refractivity contribution in [1.29, 1.82) is 0 Å². The second-order valence-corrected chi connectivity index (χ2v) is 9.91. The molecule has 1 amide bonds. The fourth-order valence-corrected chi connectivity index (χ4v) is 5.42. The third kappa shape index (κ3) is 5.69. The van der Waals surface area contributed by atoms with Crippen LogP contribution in [0.1, 0.15) is 42.0 Å². The quantitative estimate of drug-likeness (QED) is 0.376. The van der Waals surface area contributed by atoms with E-state index in [-0.39, 0.29) is 5.91 Å². The molecule has 1 aliphatic heterocycles. The van der Waals surface area contributed by atoms with Gasteiger partial charge in [-0.1, -0.05) is 41.2 Å². The predicted molar refractivity (Wildman–Crippen MR) is 128 cm³/mol. The SMILES string of the molecule is Cc1ccc(-n2c(CSc3nc(C)cc(C)n3)nnc2SCC(=O)N2CCCCC2)cc1. The van der Waals surface area contributed by atoms with Gasteiger partial charge in [0.1, 0.15) is 5.82 Å². The summed E-state index contributed by atoms with van der Waals surface area (Å²) in [6, 6.07) is 10.2. The van der Waals surface area contributed by atoms with Gasteiger partial charge >= 0.3 is 0 Å². The lowest BCUT2D eigenvalue weighted by Gasteiger charge is -2.26. The molecule has 0 radical (unpaired) electrons. The number of hydrogen-bond donors (Lipinski definition) is 0. The Morgan fingerprint density at radius 1 is 0.938 bits per heavy atom. The standard InChI is InChI=1S/C23H28N6OS2/c1-16-7-9-19(10-8-16)29-20(14-31-22-24-17(2)13-18(3)25-22)26-27-23(29)32-15-21(30)28-11-5-4-6-12-28/h7-10,13H,4-6,11-12,14-15H2,1-3H3. The molecule has 1 aliphatic rings. The number of likely N-dealkylation sites (tertiary alicyclic amines) is 1. The lowest BCUT2D eigenvalue weighted by Crippen LogP contribution is -2.36. The van der Waals surface area contributed by atoms with Crippen LogP contribution < -0.4 is 0 Å². The molecule has 3 heterocycles. The summed E-state index contributed by atoms with van der Waals surface area (Å²) in [6.45, 7) is 7.74. The number of thioether (sulfide) groups is 2. The van der Waals surface area contributed by atoms with Crippen molar-refractivity contribution in [3.8, 4) is 5.69 Å². The summed E-state index contributed by atoms with van der Waals surface area (Å²) in [5.41, 5.74) is 4.08. The molecule has 0 spiro atoms. The second kappa shape index (κ2) is 10.5. The molecule has 0 saturated carbocycles. The first-order valence-electron chi connectivity index (χ1n) is 10.9. The van der Waals surface area contributed by atoms with Crippen LogP contribution in [0.5, 0.6) is 0 Å². The zero-order valence-corrected chi connectivity index (χ0v) is 20.4. The first kappa shape index (κ1) is 22.8. The molecule has 1 saturated heterocycles. The van der Waals surface area contributed by atoms with Crippen molar-refractivity contribution >= 4 is 29.4 Å². The van der Waals surface area contributed by atoms with Gasteiger partial charge in [0.2, 0.25) is 5.91 Å². The largest absolute Gasteiger partial charge is 0.342 e. The van der Waals surface area contributed by atoms with Gasteiger partial charge in [0.15, 0.2) is 10.3 Å². The van der Waals surface area contributed by atoms with Crippen LogP contribution in [0.2, 0.25) is 0 Å². The molecule has 0 atom stereocenters. The first-order chi connectivity index (χ1) is 15.5. The number of hydrogen-bond acceptors (Lipinski definition) is 7. The van der Waals surface area contributed by atoms with Crippen LogP contribution in [-0.4, -0.2) is 54.4 Å². The Bertz CT molecular complexity index is 1060. The number of piperidine rings is 1. The van der Waals surface area contributed by atoms with E-state index in [0.29, 0.717) is 11.5 Å². The smallest absolute Gasteiger partial charge is 0.233 e. The van der Waals surface area contributed by atoms with E-state index in [1.165, 1.54) is 23.7 Å². The Morgan fingerprint density at radius 2 is 1.62 bits per heavy atom. The molecule has 9 heteroatoms. The van der Waals surface area contributed by atoms with Crippen molar-refractivity contribution in [3.05, 3.63) is 53.1 Å². The van der Waals surface area contributed by atoms with Crippen molar-refractivity contribution in [3.63, 3.8) is 0 Å². The van der Waals surface area contributed by atoms with E-state index >= 15 is 0 Å². The molecule has 0 unspecified atom stereocenters. The monoisotopic (exact) mass is 468 g/mol. The normalized spacial score (nSPS) is 14.0. The summed E-state index contributed by atoms with van der Waals surface area (Å²) in [5.74, 6) is 1.95. The Morgan fingerprint density at radius 3 is 2.31 bits per heavy atom. The van der Waals surface area contributed by atoms with E-state index in [0.717, 1.165) is 59.1 Å². The fraction of sp³-hybridized carbons (Fsp3) is 0.435. The maximum Gasteiger partial charge on any atom is 0.233 e. The summed E-state index contributed by atoms with van der Waals surface area (Å²) in [7, 11) is 0. The topological polar surface area (TPSA) is 76.8 Å². The zero-order valence-electron chi connectivity index (χ0n) is 18.7. The minimum atomic E-state index is 0.174. The van der Waals surface area contributed by atoms with Gasteiger partial charge in [-0.25, -0.2) is 9.97 Å². The van der Waals surface area contributed by atoms with Crippen LogP contribution in [0, 0.1) is 20.8 Å². The van der Waals surface area contributed by atoms with Crippen LogP contribution in [0.3, 0.4) is 0 Å².